The molecule has 1 aromatic heterocycles. The lowest BCUT2D eigenvalue weighted by Gasteiger charge is -2.35. The minimum Gasteiger partial charge on any atom is -0.363 e. The fourth-order valence-corrected chi connectivity index (χ4v) is 3.49. The van der Waals surface area contributed by atoms with E-state index in [1.807, 2.05) is 13.0 Å². The van der Waals surface area contributed by atoms with Crippen LogP contribution in [0.2, 0.25) is 0 Å². The minimum atomic E-state index is 0.00627. The van der Waals surface area contributed by atoms with Crippen molar-refractivity contribution in [1.29, 1.82) is 5.26 Å². The van der Waals surface area contributed by atoms with E-state index in [1.54, 1.807) is 0 Å². The number of rotatable bonds is 4. The highest BCUT2D eigenvalue weighted by Crippen LogP contribution is 2.16. The molecule has 1 aliphatic rings. The first-order valence-corrected chi connectivity index (χ1v) is 9.03. The molecule has 1 aromatic carbocycles. The predicted octanol–water partition coefficient (Wildman–Crippen LogP) is 2.45. The van der Waals surface area contributed by atoms with Crippen LogP contribution in [0.25, 0.3) is 10.9 Å². The number of nitriles is 1. The number of pyridine rings is 1. The monoisotopic (exact) mass is 354 g/mol. The van der Waals surface area contributed by atoms with Crippen LogP contribution < -0.4 is 5.56 Å². The lowest BCUT2D eigenvalue weighted by atomic mass is 10.1. The second-order valence-corrected chi connectivity index (χ2v) is 6.86. The number of aromatic amines is 1. The summed E-state index contributed by atoms with van der Waals surface area (Å²) < 4.78 is 0. The molecule has 1 saturated heterocycles. The summed E-state index contributed by atoms with van der Waals surface area (Å²) in [5, 5.41) is 9.83. The Bertz CT molecular complexity index is 875. The lowest BCUT2D eigenvalue weighted by molar-refractivity contribution is 0.176. The van der Waals surface area contributed by atoms with E-state index in [-0.39, 0.29) is 5.56 Å². The number of benzene rings is 1. The highest BCUT2D eigenvalue weighted by Gasteiger charge is 2.18. The molecular weight excluding hydrogens is 332 g/mol. The summed E-state index contributed by atoms with van der Waals surface area (Å²) in [6.45, 7) is 6.43. The number of H-pyrrole nitrogens is 1. The number of fused-ring (bicyclic) bond motifs is 1. The Balaban J connectivity index is 1.67. The van der Waals surface area contributed by atoms with Gasteiger partial charge in [0.2, 0.25) is 0 Å². The standard InChI is InChI=1S/C19H22N4OS/c1-2-15-12-16-4-3-14(11-17(16)21-19(15)24)13-22-7-9-23(10-8-22)18(25)5-6-20/h3-4,11-12H,2,5,7-10,13H2,1H3,(H,21,24). The molecule has 130 valence electrons. The molecule has 5 nitrogen and oxygen atoms in total. The molecule has 25 heavy (non-hydrogen) atoms. The molecule has 6 heteroatoms. The Morgan fingerprint density at radius 2 is 2.04 bits per heavy atom. The first-order valence-electron chi connectivity index (χ1n) is 8.62. The average Bonchev–Trinajstić information content (AvgIpc) is 2.62. The van der Waals surface area contributed by atoms with Gasteiger partial charge < -0.3 is 9.88 Å². The highest BCUT2D eigenvalue weighted by atomic mass is 32.1. The van der Waals surface area contributed by atoms with Gasteiger partial charge in [-0.2, -0.15) is 5.26 Å². The third-order valence-corrected chi connectivity index (χ3v) is 5.13. The molecule has 3 rings (SSSR count). The zero-order valence-corrected chi connectivity index (χ0v) is 15.2. The third-order valence-electron chi connectivity index (χ3n) is 4.73. The van der Waals surface area contributed by atoms with E-state index < -0.39 is 0 Å². The summed E-state index contributed by atoms with van der Waals surface area (Å²) in [5.74, 6) is 0. The number of hydrogen-bond acceptors (Lipinski definition) is 4. The first-order chi connectivity index (χ1) is 12.1. The van der Waals surface area contributed by atoms with E-state index in [0.29, 0.717) is 6.42 Å². The molecule has 0 spiro atoms. The lowest BCUT2D eigenvalue weighted by Crippen LogP contribution is -2.47. The summed E-state index contributed by atoms with van der Waals surface area (Å²) in [5.41, 5.74) is 2.92. The van der Waals surface area contributed by atoms with Crippen molar-refractivity contribution in [1.82, 2.24) is 14.8 Å². The average molecular weight is 354 g/mol. The molecule has 2 heterocycles. The van der Waals surface area contributed by atoms with Crippen LogP contribution in [0.15, 0.2) is 29.1 Å². The number of thiocarbonyl (C=S) groups is 1. The van der Waals surface area contributed by atoms with Crippen LogP contribution in [-0.4, -0.2) is 46.0 Å². The fraction of sp³-hybridized carbons (Fsp3) is 0.421. The first kappa shape index (κ1) is 17.6. The van der Waals surface area contributed by atoms with Gasteiger partial charge in [0.25, 0.3) is 5.56 Å². The molecule has 0 bridgehead atoms. The quantitative estimate of drug-likeness (QED) is 0.855. The van der Waals surface area contributed by atoms with Gasteiger partial charge in [0.05, 0.1) is 17.5 Å². The Hall–Kier alpha value is -2.23. The van der Waals surface area contributed by atoms with Gasteiger partial charge in [-0.1, -0.05) is 31.3 Å². The fourth-order valence-electron chi connectivity index (χ4n) is 3.25. The minimum absolute atomic E-state index is 0.00627. The van der Waals surface area contributed by atoms with Crippen molar-refractivity contribution in [3.63, 3.8) is 0 Å². The van der Waals surface area contributed by atoms with Crippen molar-refractivity contribution in [3.8, 4) is 6.07 Å². The molecule has 0 atom stereocenters. The van der Waals surface area contributed by atoms with Gasteiger partial charge in [-0.25, -0.2) is 0 Å². The van der Waals surface area contributed by atoms with E-state index in [9.17, 15) is 4.79 Å². The van der Waals surface area contributed by atoms with E-state index in [0.717, 1.165) is 60.6 Å². The maximum atomic E-state index is 12.0. The predicted molar refractivity (Wildman–Crippen MR) is 104 cm³/mol. The molecule has 0 saturated carbocycles. The van der Waals surface area contributed by atoms with Crippen LogP contribution in [0, 0.1) is 11.3 Å². The number of piperazine rings is 1. The molecule has 1 aliphatic heterocycles. The van der Waals surface area contributed by atoms with Gasteiger partial charge in [0, 0.05) is 43.8 Å². The number of aryl methyl sites for hydroxylation is 1. The summed E-state index contributed by atoms with van der Waals surface area (Å²) in [6, 6.07) is 10.4. The Kier molecular flexibility index (Phi) is 5.47. The topological polar surface area (TPSA) is 63.1 Å². The summed E-state index contributed by atoms with van der Waals surface area (Å²) in [4.78, 5) is 20.3. The zero-order valence-electron chi connectivity index (χ0n) is 14.4. The summed E-state index contributed by atoms with van der Waals surface area (Å²) in [6.07, 6.45) is 1.07. The molecule has 0 unspecified atom stereocenters. The summed E-state index contributed by atoms with van der Waals surface area (Å²) >= 11 is 5.28. The van der Waals surface area contributed by atoms with E-state index in [1.165, 1.54) is 5.56 Å². The van der Waals surface area contributed by atoms with Crippen molar-refractivity contribution in [2.24, 2.45) is 0 Å². The normalized spacial score (nSPS) is 15.3. The second-order valence-electron chi connectivity index (χ2n) is 6.39. The largest absolute Gasteiger partial charge is 0.363 e. The Labute approximate surface area is 152 Å². The van der Waals surface area contributed by atoms with Crippen molar-refractivity contribution >= 4 is 28.1 Å². The molecule has 1 fully saturated rings. The van der Waals surface area contributed by atoms with Crippen LogP contribution >= 0.6 is 12.2 Å². The van der Waals surface area contributed by atoms with Crippen LogP contribution in [-0.2, 0) is 13.0 Å². The zero-order chi connectivity index (χ0) is 17.8. The SMILES string of the molecule is CCc1cc2ccc(CN3CCN(C(=S)CC#N)CC3)cc2[nH]c1=O. The van der Waals surface area contributed by atoms with Gasteiger partial charge in [0.15, 0.2) is 0 Å². The number of nitrogens with zero attached hydrogens (tertiary/aromatic N) is 3. The van der Waals surface area contributed by atoms with Crippen molar-refractivity contribution in [3.05, 3.63) is 45.7 Å². The second kappa shape index (κ2) is 7.77. The highest BCUT2D eigenvalue weighted by molar-refractivity contribution is 7.80. The van der Waals surface area contributed by atoms with Crippen molar-refractivity contribution in [2.75, 3.05) is 26.2 Å². The molecular formula is C19H22N4OS. The molecule has 2 aromatic rings. The van der Waals surface area contributed by atoms with Crippen LogP contribution in [0.3, 0.4) is 0 Å². The number of aromatic nitrogens is 1. The molecule has 1 N–H and O–H groups in total. The summed E-state index contributed by atoms with van der Waals surface area (Å²) in [7, 11) is 0. The van der Waals surface area contributed by atoms with Gasteiger partial charge >= 0.3 is 0 Å². The number of nitrogens with one attached hydrogen (secondary N) is 1. The van der Waals surface area contributed by atoms with Gasteiger partial charge in [-0.15, -0.1) is 0 Å². The van der Waals surface area contributed by atoms with Gasteiger partial charge in [0.1, 0.15) is 0 Å². The van der Waals surface area contributed by atoms with Crippen molar-refractivity contribution < 1.29 is 0 Å². The van der Waals surface area contributed by atoms with Crippen LogP contribution in [0.1, 0.15) is 24.5 Å². The molecule has 0 radical (unpaired) electrons. The Morgan fingerprint density at radius 3 is 2.72 bits per heavy atom. The molecule has 0 aliphatic carbocycles. The third kappa shape index (κ3) is 4.06. The molecule has 0 amide bonds. The number of hydrogen-bond donors (Lipinski definition) is 1. The van der Waals surface area contributed by atoms with Gasteiger partial charge in [-0.05, 0) is 29.5 Å². The Morgan fingerprint density at radius 1 is 1.28 bits per heavy atom. The van der Waals surface area contributed by atoms with Gasteiger partial charge in [-0.3, -0.25) is 9.69 Å². The smallest absolute Gasteiger partial charge is 0.251 e. The van der Waals surface area contributed by atoms with Crippen LogP contribution in [0.4, 0.5) is 0 Å². The maximum Gasteiger partial charge on any atom is 0.251 e. The van der Waals surface area contributed by atoms with E-state index in [2.05, 4.69) is 39.1 Å². The maximum absolute atomic E-state index is 12.0. The van der Waals surface area contributed by atoms with E-state index >= 15 is 0 Å². The van der Waals surface area contributed by atoms with Crippen molar-refractivity contribution in [2.45, 2.75) is 26.3 Å². The van der Waals surface area contributed by atoms with Crippen LogP contribution in [0.5, 0.6) is 0 Å². The van der Waals surface area contributed by atoms with E-state index in [4.69, 9.17) is 17.5 Å².